The molecule has 0 aromatic heterocycles. The molecule has 0 saturated heterocycles. The molecule has 3 nitrogen and oxygen atoms in total. The zero-order valence-electron chi connectivity index (χ0n) is 8.83. The van der Waals surface area contributed by atoms with Gasteiger partial charge in [-0.1, -0.05) is 32.9 Å². The van der Waals surface area contributed by atoms with Crippen molar-refractivity contribution < 1.29 is 9.53 Å². The maximum Gasteiger partial charge on any atom is 0.323 e. The van der Waals surface area contributed by atoms with Crippen molar-refractivity contribution in [3.05, 3.63) is 12.2 Å². The molecule has 0 bridgehead atoms. The first-order valence-electron chi connectivity index (χ1n) is 4.46. The van der Waals surface area contributed by atoms with Gasteiger partial charge in [-0.15, -0.1) is 0 Å². The molecule has 1 unspecified atom stereocenters. The zero-order chi connectivity index (χ0) is 10.5. The number of ether oxygens (including phenoxy) is 1. The summed E-state index contributed by atoms with van der Waals surface area (Å²) in [5.41, 5.74) is 5.38. The largest absolute Gasteiger partial charge is 0.468 e. The van der Waals surface area contributed by atoms with Crippen LogP contribution < -0.4 is 5.73 Å². The number of hydrogen-bond donors (Lipinski definition) is 1. The molecule has 0 saturated carbocycles. The van der Waals surface area contributed by atoms with Crippen molar-refractivity contribution >= 4 is 5.97 Å². The summed E-state index contributed by atoms with van der Waals surface area (Å²) in [4.78, 5) is 11.1. The fraction of sp³-hybridized carbons (Fsp3) is 0.700. The van der Waals surface area contributed by atoms with Crippen LogP contribution in [0.15, 0.2) is 12.2 Å². The van der Waals surface area contributed by atoms with Crippen molar-refractivity contribution in [2.24, 2.45) is 11.1 Å². The van der Waals surface area contributed by atoms with E-state index in [1.165, 1.54) is 7.11 Å². The number of methoxy groups -OCH3 is 1. The van der Waals surface area contributed by atoms with Crippen molar-refractivity contribution in [3.8, 4) is 0 Å². The highest BCUT2D eigenvalue weighted by Crippen LogP contribution is 2.21. The Balaban J connectivity index is 4.43. The number of rotatable bonds is 4. The lowest BCUT2D eigenvalue weighted by Crippen LogP contribution is -2.43. The molecule has 0 fully saturated rings. The minimum absolute atomic E-state index is 0.344. The molecule has 76 valence electrons. The Labute approximate surface area is 79.9 Å². The minimum Gasteiger partial charge on any atom is -0.468 e. The van der Waals surface area contributed by atoms with Crippen molar-refractivity contribution in [1.29, 1.82) is 0 Å². The zero-order valence-corrected chi connectivity index (χ0v) is 8.83. The molecule has 0 aliphatic carbocycles. The summed E-state index contributed by atoms with van der Waals surface area (Å²) in [7, 11) is 1.35. The topological polar surface area (TPSA) is 52.3 Å². The second-order valence-corrected chi connectivity index (χ2v) is 3.63. The first-order chi connectivity index (χ1) is 5.95. The molecule has 1 atom stereocenters. The summed E-state index contributed by atoms with van der Waals surface area (Å²) in [6.07, 6.45) is 4.90. The Morgan fingerprint density at radius 2 is 2.15 bits per heavy atom. The highest BCUT2D eigenvalue weighted by Gasteiger charge is 2.30. The summed E-state index contributed by atoms with van der Waals surface area (Å²) in [6.45, 7) is 5.87. The lowest BCUT2D eigenvalue weighted by atomic mass is 9.84. The Hall–Kier alpha value is -0.830. The average molecular weight is 185 g/mol. The summed E-state index contributed by atoms with van der Waals surface area (Å²) in [6, 6.07) is -0.597. The van der Waals surface area contributed by atoms with Gasteiger partial charge in [-0.2, -0.15) is 0 Å². The van der Waals surface area contributed by atoms with Crippen LogP contribution in [-0.4, -0.2) is 19.1 Å². The first kappa shape index (κ1) is 12.2. The van der Waals surface area contributed by atoms with Gasteiger partial charge in [-0.05, 0) is 6.42 Å². The highest BCUT2D eigenvalue weighted by molar-refractivity contribution is 5.76. The molecule has 2 N–H and O–H groups in total. The second-order valence-electron chi connectivity index (χ2n) is 3.63. The molecule has 0 radical (unpaired) electrons. The number of nitrogens with two attached hydrogens (primary N) is 1. The summed E-state index contributed by atoms with van der Waals surface area (Å²) >= 11 is 0. The van der Waals surface area contributed by atoms with Crippen molar-refractivity contribution in [2.45, 2.75) is 33.2 Å². The fourth-order valence-electron chi connectivity index (χ4n) is 0.956. The molecule has 0 heterocycles. The third-order valence-electron chi connectivity index (χ3n) is 2.04. The van der Waals surface area contributed by atoms with E-state index in [0.29, 0.717) is 0 Å². The number of allylic oxidation sites excluding steroid dienone is 1. The maximum atomic E-state index is 11.1. The normalized spacial score (nSPS) is 14.5. The van der Waals surface area contributed by atoms with E-state index in [1.807, 2.05) is 32.9 Å². The first-order valence-corrected chi connectivity index (χ1v) is 4.46. The van der Waals surface area contributed by atoms with Gasteiger partial charge < -0.3 is 10.5 Å². The van der Waals surface area contributed by atoms with E-state index >= 15 is 0 Å². The third kappa shape index (κ3) is 3.59. The van der Waals surface area contributed by atoms with E-state index in [9.17, 15) is 4.79 Å². The van der Waals surface area contributed by atoms with Gasteiger partial charge in [0, 0.05) is 5.41 Å². The van der Waals surface area contributed by atoms with E-state index < -0.39 is 6.04 Å². The van der Waals surface area contributed by atoms with Crippen molar-refractivity contribution in [2.75, 3.05) is 7.11 Å². The standard InChI is InChI=1S/C10H19NO2/c1-5-6-7-10(2,3)8(11)9(12)13-4/h6-8H,5,11H2,1-4H3/b7-6+. The number of carbonyl (C=O) groups is 1. The van der Waals surface area contributed by atoms with Crippen LogP contribution >= 0.6 is 0 Å². The van der Waals surface area contributed by atoms with E-state index in [-0.39, 0.29) is 11.4 Å². The van der Waals surface area contributed by atoms with Gasteiger partial charge in [0.1, 0.15) is 6.04 Å². The molecule has 0 rings (SSSR count). The number of hydrogen-bond acceptors (Lipinski definition) is 3. The lowest BCUT2D eigenvalue weighted by molar-refractivity contribution is -0.144. The van der Waals surface area contributed by atoms with E-state index in [2.05, 4.69) is 4.74 Å². The Kier molecular flexibility index (Phi) is 4.70. The summed E-state index contributed by atoms with van der Waals surface area (Å²) < 4.78 is 4.58. The molecule has 0 aliphatic heterocycles. The SMILES string of the molecule is CC/C=C/C(C)(C)C(N)C(=O)OC. The lowest BCUT2D eigenvalue weighted by Gasteiger charge is -2.25. The van der Waals surface area contributed by atoms with Crippen LogP contribution in [0.5, 0.6) is 0 Å². The molecule has 0 aromatic rings. The Morgan fingerprint density at radius 3 is 2.54 bits per heavy atom. The van der Waals surface area contributed by atoms with Crippen LogP contribution in [0.1, 0.15) is 27.2 Å². The molecule has 0 aromatic carbocycles. The third-order valence-corrected chi connectivity index (χ3v) is 2.04. The van der Waals surface area contributed by atoms with Crippen LogP contribution in [0.25, 0.3) is 0 Å². The van der Waals surface area contributed by atoms with E-state index in [1.54, 1.807) is 0 Å². The average Bonchev–Trinajstić information content (AvgIpc) is 2.12. The van der Waals surface area contributed by atoms with Gasteiger partial charge in [0.15, 0.2) is 0 Å². The Morgan fingerprint density at radius 1 is 1.62 bits per heavy atom. The summed E-state index contributed by atoms with van der Waals surface area (Å²) in [5.74, 6) is -0.370. The van der Waals surface area contributed by atoms with Gasteiger partial charge in [0.25, 0.3) is 0 Å². The van der Waals surface area contributed by atoms with Gasteiger partial charge in [-0.3, -0.25) is 4.79 Å². The molecule has 0 amide bonds. The Bertz CT molecular complexity index is 197. The predicted octanol–water partition coefficient (Wildman–Crippen LogP) is 1.48. The highest BCUT2D eigenvalue weighted by atomic mass is 16.5. The molecule has 0 aliphatic rings. The quantitative estimate of drug-likeness (QED) is 0.533. The number of carbonyl (C=O) groups excluding carboxylic acids is 1. The minimum atomic E-state index is -0.597. The second kappa shape index (κ2) is 5.02. The van der Waals surface area contributed by atoms with Crippen LogP contribution in [0.3, 0.4) is 0 Å². The van der Waals surface area contributed by atoms with Crippen LogP contribution in [-0.2, 0) is 9.53 Å². The van der Waals surface area contributed by atoms with Crippen molar-refractivity contribution in [3.63, 3.8) is 0 Å². The fourth-order valence-corrected chi connectivity index (χ4v) is 0.956. The predicted molar refractivity (Wildman–Crippen MR) is 53.2 cm³/mol. The summed E-state index contributed by atoms with van der Waals surface area (Å²) in [5, 5.41) is 0. The maximum absolute atomic E-state index is 11.1. The smallest absolute Gasteiger partial charge is 0.323 e. The molecule has 3 heteroatoms. The molecular weight excluding hydrogens is 166 g/mol. The van der Waals surface area contributed by atoms with Gasteiger partial charge in [-0.25, -0.2) is 0 Å². The molecule has 13 heavy (non-hydrogen) atoms. The van der Waals surface area contributed by atoms with Crippen LogP contribution in [0.2, 0.25) is 0 Å². The molecular formula is C10H19NO2. The van der Waals surface area contributed by atoms with E-state index in [0.717, 1.165) is 6.42 Å². The van der Waals surface area contributed by atoms with Crippen molar-refractivity contribution in [1.82, 2.24) is 0 Å². The van der Waals surface area contributed by atoms with E-state index in [4.69, 9.17) is 5.73 Å². The molecule has 0 spiro atoms. The monoisotopic (exact) mass is 185 g/mol. The van der Waals surface area contributed by atoms with Gasteiger partial charge in [0.2, 0.25) is 0 Å². The van der Waals surface area contributed by atoms with Crippen LogP contribution in [0.4, 0.5) is 0 Å². The van der Waals surface area contributed by atoms with Crippen LogP contribution in [0, 0.1) is 5.41 Å². The van der Waals surface area contributed by atoms with Gasteiger partial charge >= 0.3 is 5.97 Å². The van der Waals surface area contributed by atoms with Gasteiger partial charge in [0.05, 0.1) is 7.11 Å². The number of esters is 1.